The number of carbonyl (C=O) groups excluding carboxylic acids is 2. The molecule has 1 heterocycles. The van der Waals surface area contributed by atoms with E-state index in [9.17, 15) is 9.59 Å². The molecular weight excluding hydrogens is 356 g/mol. The van der Waals surface area contributed by atoms with E-state index in [1.807, 2.05) is 6.92 Å². The minimum atomic E-state index is -0.338. The predicted molar refractivity (Wildman–Crippen MR) is 110 cm³/mol. The number of piperidine rings is 1. The fourth-order valence-electron chi connectivity index (χ4n) is 3.52. The Bertz CT molecular complexity index is 627. The summed E-state index contributed by atoms with van der Waals surface area (Å²) >= 11 is 0. The molecule has 0 spiro atoms. The van der Waals surface area contributed by atoms with Gasteiger partial charge in [-0.05, 0) is 56.2 Å². The number of hydrogen-bond acceptors (Lipinski definition) is 5. The third-order valence-electron chi connectivity index (χ3n) is 5.55. The smallest absolute Gasteiger partial charge is 0.217 e. The van der Waals surface area contributed by atoms with Gasteiger partial charge in [-0.15, -0.1) is 0 Å². The minimum absolute atomic E-state index is 0.140. The molecule has 28 heavy (non-hydrogen) atoms. The summed E-state index contributed by atoms with van der Waals surface area (Å²) in [5.74, 6) is 0.0511. The number of amides is 2. The van der Waals surface area contributed by atoms with E-state index in [1.165, 1.54) is 5.69 Å². The normalized spacial score (nSPS) is 17.3. The Morgan fingerprint density at radius 2 is 1.71 bits per heavy atom. The zero-order chi connectivity index (χ0) is 20.5. The van der Waals surface area contributed by atoms with Crippen LogP contribution >= 0.6 is 0 Å². The van der Waals surface area contributed by atoms with Gasteiger partial charge in [-0.25, -0.2) is 0 Å². The van der Waals surface area contributed by atoms with Crippen LogP contribution in [0.3, 0.4) is 0 Å². The highest BCUT2D eigenvalue weighted by Crippen LogP contribution is 2.26. The number of nitrogens with zero attached hydrogens (tertiary/aromatic N) is 1. The predicted octanol–water partition coefficient (Wildman–Crippen LogP) is 1.67. The van der Waals surface area contributed by atoms with Crippen molar-refractivity contribution < 1.29 is 14.3 Å². The molecule has 0 radical (unpaired) electrons. The van der Waals surface area contributed by atoms with E-state index in [0.29, 0.717) is 25.4 Å². The molecule has 0 unspecified atom stereocenters. The first-order valence-corrected chi connectivity index (χ1v) is 10.1. The van der Waals surface area contributed by atoms with E-state index in [1.54, 1.807) is 0 Å². The molecule has 7 heteroatoms. The summed E-state index contributed by atoms with van der Waals surface area (Å²) in [6.07, 6.45) is 4.26. The summed E-state index contributed by atoms with van der Waals surface area (Å²) in [4.78, 5) is 24.2. The lowest BCUT2D eigenvalue weighted by Crippen LogP contribution is -2.35. The van der Waals surface area contributed by atoms with Gasteiger partial charge in [-0.2, -0.15) is 0 Å². The first-order valence-electron chi connectivity index (χ1n) is 10.1. The van der Waals surface area contributed by atoms with E-state index in [-0.39, 0.29) is 30.4 Å². The molecule has 2 atom stereocenters. The van der Waals surface area contributed by atoms with Gasteiger partial charge in [-0.1, -0.05) is 12.1 Å². The van der Waals surface area contributed by atoms with Crippen molar-refractivity contribution in [2.45, 2.75) is 64.2 Å². The highest BCUT2D eigenvalue weighted by Gasteiger charge is 2.20. The van der Waals surface area contributed by atoms with E-state index in [4.69, 9.17) is 21.9 Å². The maximum atomic E-state index is 10.9. The van der Waals surface area contributed by atoms with Crippen LogP contribution in [0.4, 0.5) is 5.69 Å². The zero-order valence-corrected chi connectivity index (χ0v) is 16.8. The second-order valence-electron chi connectivity index (χ2n) is 7.79. The first-order chi connectivity index (χ1) is 13.3. The Morgan fingerprint density at radius 3 is 2.29 bits per heavy atom. The quantitative estimate of drug-likeness (QED) is 0.530. The monoisotopic (exact) mass is 390 g/mol. The lowest BCUT2D eigenvalue weighted by atomic mass is 9.92. The van der Waals surface area contributed by atoms with Gasteiger partial charge in [0, 0.05) is 37.7 Å². The van der Waals surface area contributed by atoms with Gasteiger partial charge in [-0.3, -0.25) is 9.59 Å². The highest BCUT2D eigenvalue weighted by molar-refractivity contribution is 5.74. The molecule has 1 fully saturated rings. The molecular formula is C21H34N4O3. The SMILES string of the molecule is C[C@@H](OCc1ccc(N2CCC(CCC(N)=O)CC2)cc1)[C@@H](N)CCC(N)=O. The van der Waals surface area contributed by atoms with Crippen LogP contribution in [0.5, 0.6) is 0 Å². The number of ether oxygens (including phenoxy) is 1. The lowest BCUT2D eigenvalue weighted by molar-refractivity contribution is -0.119. The third kappa shape index (κ3) is 7.48. The van der Waals surface area contributed by atoms with E-state index in [0.717, 1.165) is 37.9 Å². The van der Waals surface area contributed by atoms with E-state index >= 15 is 0 Å². The summed E-state index contributed by atoms with van der Waals surface area (Å²) in [5, 5.41) is 0. The van der Waals surface area contributed by atoms with Crippen molar-refractivity contribution in [3.8, 4) is 0 Å². The van der Waals surface area contributed by atoms with Gasteiger partial charge in [0.2, 0.25) is 11.8 Å². The van der Waals surface area contributed by atoms with Crippen molar-refractivity contribution in [1.29, 1.82) is 0 Å². The molecule has 2 rings (SSSR count). The second kappa shape index (κ2) is 11.0. The maximum Gasteiger partial charge on any atom is 0.217 e. The van der Waals surface area contributed by atoms with Gasteiger partial charge in [0.15, 0.2) is 0 Å². The number of anilines is 1. The number of benzene rings is 1. The van der Waals surface area contributed by atoms with Crippen molar-refractivity contribution in [2.24, 2.45) is 23.1 Å². The fourth-order valence-corrected chi connectivity index (χ4v) is 3.52. The maximum absolute atomic E-state index is 10.9. The topological polar surface area (TPSA) is 125 Å². The number of carbonyl (C=O) groups is 2. The minimum Gasteiger partial charge on any atom is -0.372 e. The van der Waals surface area contributed by atoms with Crippen LogP contribution in [0.25, 0.3) is 0 Å². The van der Waals surface area contributed by atoms with Crippen LogP contribution < -0.4 is 22.1 Å². The molecule has 0 bridgehead atoms. The summed E-state index contributed by atoms with van der Waals surface area (Å²) < 4.78 is 5.84. The van der Waals surface area contributed by atoms with Gasteiger partial charge in [0.1, 0.15) is 0 Å². The molecule has 0 saturated carbocycles. The molecule has 1 aliphatic heterocycles. The van der Waals surface area contributed by atoms with Crippen LogP contribution in [0.15, 0.2) is 24.3 Å². The Hall–Kier alpha value is -2.12. The van der Waals surface area contributed by atoms with Crippen LogP contribution in [0, 0.1) is 5.92 Å². The van der Waals surface area contributed by atoms with Crippen LogP contribution in [0.1, 0.15) is 51.0 Å². The summed E-state index contributed by atoms with van der Waals surface area (Å²) in [6.45, 7) is 4.42. The molecule has 1 aromatic rings. The summed E-state index contributed by atoms with van der Waals surface area (Å²) in [7, 11) is 0. The average Bonchev–Trinajstić information content (AvgIpc) is 2.69. The molecule has 0 aliphatic carbocycles. The Kier molecular flexibility index (Phi) is 8.73. The number of primary amides is 2. The lowest BCUT2D eigenvalue weighted by Gasteiger charge is -2.33. The van der Waals surface area contributed by atoms with Gasteiger partial charge >= 0.3 is 0 Å². The van der Waals surface area contributed by atoms with Crippen molar-refractivity contribution in [2.75, 3.05) is 18.0 Å². The fraction of sp³-hybridized carbons (Fsp3) is 0.619. The highest BCUT2D eigenvalue weighted by atomic mass is 16.5. The van der Waals surface area contributed by atoms with Gasteiger partial charge in [0.05, 0.1) is 12.7 Å². The molecule has 2 amide bonds. The first kappa shape index (κ1) is 22.2. The molecule has 156 valence electrons. The number of rotatable bonds is 11. The molecule has 1 saturated heterocycles. The largest absolute Gasteiger partial charge is 0.372 e. The van der Waals surface area contributed by atoms with Crippen LogP contribution in [0.2, 0.25) is 0 Å². The van der Waals surface area contributed by atoms with Crippen molar-refractivity contribution in [1.82, 2.24) is 0 Å². The average molecular weight is 391 g/mol. The van der Waals surface area contributed by atoms with E-state index in [2.05, 4.69) is 29.2 Å². The Morgan fingerprint density at radius 1 is 1.11 bits per heavy atom. The molecule has 1 aromatic carbocycles. The van der Waals surface area contributed by atoms with Crippen molar-refractivity contribution >= 4 is 17.5 Å². The van der Waals surface area contributed by atoms with Gasteiger partial charge in [0.25, 0.3) is 0 Å². The summed E-state index contributed by atoms with van der Waals surface area (Å²) in [5.41, 5.74) is 18.7. The summed E-state index contributed by atoms with van der Waals surface area (Å²) in [6, 6.07) is 8.20. The third-order valence-corrected chi connectivity index (χ3v) is 5.55. The Labute approximate surface area is 167 Å². The van der Waals surface area contributed by atoms with Gasteiger partial charge < -0.3 is 26.8 Å². The van der Waals surface area contributed by atoms with Crippen LogP contribution in [-0.4, -0.2) is 37.0 Å². The number of nitrogens with two attached hydrogens (primary N) is 3. The molecule has 0 aromatic heterocycles. The molecule has 7 nitrogen and oxygen atoms in total. The van der Waals surface area contributed by atoms with Crippen LogP contribution in [-0.2, 0) is 20.9 Å². The standard InChI is InChI=1S/C21H34N4O3/c1-15(19(22)7-9-21(24)27)28-14-17-2-5-18(6-3-17)25-12-10-16(11-13-25)4-8-20(23)26/h2-3,5-6,15-16,19H,4,7-14,22H2,1H3,(H2,23,26)(H2,24,27)/t15-,19+/m1/s1. The number of hydrogen-bond donors (Lipinski definition) is 3. The Balaban J connectivity index is 1.74. The molecule has 1 aliphatic rings. The van der Waals surface area contributed by atoms with Crippen molar-refractivity contribution in [3.63, 3.8) is 0 Å². The zero-order valence-electron chi connectivity index (χ0n) is 16.8. The van der Waals surface area contributed by atoms with E-state index < -0.39 is 0 Å². The van der Waals surface area contributed by atoms with Crippen molar-refractivity contribution in [3.05, 3.63) is 29.8 Å². The molecule has 6 N–H and O–H groups in total. The second-order valence-corrected chi connectivity index (χ2v) is 7.79.